The summed E-state index contributed by atoms with van der Waals surface area (Å²) in [7, 11) is 1.73. The monoisotopic (exact) mass is 264 g/mol. The fraction of sp³-hybridized carbons (Fsp3) is 0.714. The van der Waals surface area contributed by atoms with Crippen molar-refractivity contribution in [1.82, 2.24) is 9.97 Å². The molecular formula is C14H24N4O. The molecule has 1 aliphatic carbocycles. The highest BCUT2D eigenvalue weighted by Gasteiger charge is 2.33. The number of methoxy groups -OCH3 is 1. The zero-order valence-corrected chi connectivity index (χ0v) is 12.1. The predicted octanol–water partition coefficient (Wildman–Crippen LogP) is 1.50. The van der Waals surface area contributed by atoms with E-state index >= 15 is 0 Å². The fourth-order valence-electron chi connectivity index (χ4n) is 2.33. The van der Waals surface area contributed by atoms with Gasteiger partial charge in [-0.05, 0) is 32.6 Å². The van der Waals surface area contributed by atoms with E-state index in [1.807, 2.05) is 13.1 Å². The summed E-state index contributed by atoms with van der Waals surface area (Å²) in [5.74, 6) is 1.57. The molecule has 1 heterocycles. The van der Waals surface area contributed by atoms with E-state index in [9.17, 15) is 0 Å². The quantitative estimate of drug-likeness (QED) is 0.808. The lowest BCUT2D eigenvalue weighted by Gasteiger charge is -2.29. The lowest BCUT2D eigenvalue weighted by atomic mass is 10.2. The van der Waals surface area contributed by atoms with Crippen molar-refractivity contribution in [2.75, 3.05) is 25.2 Å². The first kappa shape index (κ1) is 14.2. The molecule has 2 rings (SSSR count). The van der Waals surface area contributed by atoms with E-state index in [0.717, 1.165) is 29.7 Å². The van der Waals surface area contributed by atoms with Crippen LogP contribution in [-0.2, 0) is 11.3 Å². The maximum atomic E-state index is 5.66. The van der Waals surface area contributed by atoms with Crippen molar-refractivity contribution in [3.05, 3.63) is 17.5 Å². The van der Waals surface area contributed by atoms with Crippen molar-refractivity contribution < 1.29 is 4.74 Å². The topological polar surface area (TPSA) is 64.3 Å². The van der Waals surface area contributed by atoms with Crippen LogP contribution in [0.4, 0.5) is 5.95 Å². The highest BCUT2D eigenvalue weighted by Crippen LogP contribution is 2.36. The third-order valence-corrected chi connectivity index (χ3v) is 3.88. The predicted molar refractivity (Wildman–Crippen MR) is 76.1 cm³/mol. The number of anilines is 1. The maximum absolute atomic E-state index is 5.66. The Morgan fingerprint density at radius 3 is 2.79 bits per heavy atom. The first-order chi connectivity index (χ1) is 9.17. The molecule has 1 aliphatic rings. The number of aryl methyl sites for hydroxylation is 1. The number of nitrogens with zero attached hydrogens (tertiary/aromatic N) is 3. The first-order valence-electron chi connectivity index (χ1n) is 6.95. The molecule has 1 aromatic heterocycles. The van der Waals surface area contributed by atoms with Gasteiger partial charge in [0.15, 0.2) is 0 Å². The molecule has 0 radical (unpaired) electrons. The number of hydrogen-bond donors (Lipinski definition) is 1. The molecule has 5 heteroatoms. The van der Waals surface area contributed by atoms with E-state index < -0.39 is 0 Å². The molecular weight excluding hydrogens is 240 g/mol. The molecule has 5 nitrogen and oxygen atoms in total. The van der Waals surface area contributed by atoms with E-state index in [4.69, 9.17) is 10.5 Å². The van der Waals surface area contributed by atoms with Crippen LogP contribution >= 0.6 is 0 Å². The van der Waals surface area contributed by atoms with Crippen LogP contribution in [0.2, 0.25) is 0 Å². The van der Waals surface area contributed by atoms with Crippen molar-refractivity contribution in [3.8, 4) is 0 Å². The normalized spacial score (nSPS) is 16.4. The van der Waals surface area contributed by atoms with Gasteiger partial charge in [0.05, 0.1) is 6.61 Å². The largest absolute Gasteiger partial charge is 0.383 e. The van der Waals surface area contributed by atoms with Gasteiger partial charge < -0.3 is 15.4 Å². The van der Waals surface area contributed by atoms with Gasteiger partial charge in [0.2, 0.25) is 5.95 Å². The van der Waals surface area contributed by atoms with E-state index in [1.165, 1.54) is 12.8 Å². The zero-order chi connectivity index (χ0) is 13.8. The first-order valence-corrected chi connectivity index (χ1v) is 6.95. The van der Waals surface area contributed by atoms with Crippen LogP contribution < -0.4 is 10.6 Å². The van der Waals surface area contributed by atoms with E-state index in [-0.39, 0.29) is 0 Å². The van der Waals surface area contributed by atoms with Crippen molar-refractivity contribution in [3.63, 3.8) is 0 Å². The van der Waals surface area contributed by atoms with E-state index in [2.05, 4.69) is 21.8 Å². The third-order valence-electron chi connectivity index (χ3n) is 3.88. The van der Waals surface area contributed by atoms with Gasteiger partial charge in [-0.3, -0.25) is 0 Å². The summed E-state index contributed by atoms with van der Waals surface area (Å²) < 4.78 is 5.20. The zero-order valence-electron chi connectivity index (χ0n) is 12.1. The Hall–Kier alpha value is -1.20. The minimum absolute atomic E-state index is 0.471. The van der Waals surface area contributed by atoms with Gasteiger partial charge in [-0.2, -0.15) is 0 Å². The van der Waals surface area contributed by atoms with Crippen LogP contribution in [0, 0.1) is 12.8 Å². The molecule has 1 unspecified atom stereocenters. The third kappa shape index (κ3) is 3.42. The summed E-state index contributed by atoms with van der Waals surface area (Å²) >= 11 is 0. The van der Waals surface area contributed by atoms with Crippen LogP contribution in [0.5, 0.6) is 0 Å². The summed E-state index contributed by atoms with van der Waals surface area (Å²) in [5.41, 5.74) is 7.64. The molecule has 0 aliphatic heterocycles. The highest BCUT2D eigenvalue weighted by atomic mass is 16.5. The second kappa shape index (κ2) is 6.30. The Morgan fingerprint density at radius 2 is 2.26 bits per heavy atom. The van der Waals surface area contributed by atoms with E-state index in [1.54, 1.807) is 7.11 Å². The minimum atomic E-state index is 0.471. The SMILES string of the molecule is COCCN(c1ncc(CN)c(C)n1)C(C)C1CC1. The molecule has 0 saturated heterocycles. The highest BCUT2D eigenvalue weighted by molar-refractivity contribution is 5.35. The molecule has 19 heavy (non-hydrogen) atoms. The van der Waals surface area contributed by atoms with Gasteiger partial charge in [0, 0.05) is 43.7 Å². The number of hydrogen-bond acceptors (Lipinski definition) is 5. The van der Waals surface area contributed by atoms with Crippen molar-refractivity contribution >= 4 is 5.95 Å². The number of rotatable bonds is 7. The van der Waals surface area contributed by atoms with Crippen LogP contribution in [0.3, 0.4) is 0 Å². The Balaban J connectivity index is 2.18. The Kier molecular flexibility index (Phi) is 4.71. The molecule has 1 fully saturated rings. The van der Waals surface area contributed by atoms with E-state index in [0.29, 0.717) is 19.2 Å². The second-order valence-corrected chi connectivity index (χ2v) is 5.25. The minimum Gasteiger partial charge on any atom is -0.383 e. The molecule has 0 aromatic carbocycles. The smallest absolute Gasteiger partial charge is 0.225 e. The number of ether oxygens (including phenoxy) is 1. The number of aromatic nitrogens is 2. The molecule has 0 bridgehead atoms. The van der Waals surface area contributed by atoms with Crippen LogP contribution in [0.1, 0.15) is 31.0 Å². The summed E-state index contributed by atoms with van der Waals surface area (Å²) in [6.45, 7) is 6.25. The summed E-state index contributed by atoms with van der Waals surface area (Å²) in [4.78, 5) is 11.3. The molecule has 1 saturated carbocycles. The fourth-order valence-corrected chi connectivity index (χ4v) is 2.33. The van der Waals surface area contributed by atoms with Gasteiger partial charge in [0.1, 0.15) is 0 Å². The summed E-state index contributed by atoms with van der Waals surface area (Å²) in [6, 6.07) is 0.471. The van der Waals surface area contributed by atoms with Crippen LogP contribution in [0.25, 0.3) is 0 Å². The standard InChI is InChI=1S/C14H24N4O/c1-10-13(8-15)9-16-14(17-10)18(6-7-19-3)11(2)12-4-5-12/h9,11-12H,4-8,15H2,1-3H3. The molecule has 106 valence electrons. The molecule has 0 amide bonds. The van der Waals surface area contributed by atoms with Crippen LogP contribution in [-0.4, -0.2) is 36.3 Å². The lowest BCUT2D eigenvalue weighted by Crippen LogP contribution is -2.38. The van der Waals surface area contributed by atoms with Gasteiger partial charge in [0.25, 0.3) is 0 Å². The van der Waals surface area contributed by atoms with Gasteiger partial charge in [-0.1, -0.05) is 0 Å². The molecule has 1 aromatic rings. The average molecular weight is 264 g/mol. The average Bonchev–Trinajstić information content (AvgIpc) is 3.23. The second-order valence-electron chi connectivity index (χ2n) is 5.25. The Labute approximate surface area is 115 Å². The van der Waals surface area contributed by atoms with Crippen molar-refractivity contribution in [2.45, 2.75) is 39.3 Å². The van der Waals surface area contributed by atoms with Gasteiger partial charge in [-0.15, -0.1) is 0 Å². The molecule has 2 N–H and O–H groups in total. The Bertz CT molecular complexity index is 420. The van der Waals surface area contributed by atoms with Crippen LogP contribution in [0.15, 0.2) is 6.20 Å². The van der Waals surface area contributed by atoms with Gasteiger partial charge in [-0.25, -0.2) is 9.97 Å². The summed E-state index contributed by atoms with van der Waals surface area (Å²) in [5, 5.41) is 0. The summed E-state index contributed by atoms with van der Waals surface area (Å²) in [6.07, 6.45) is 4.46. The molecule has 0 spiro atoms. The number of nitrogens with two attached hydrogens (primary N) is 1. The van der Waals surface area contributed by atoms with Gasteiger partial charge >= 0.3 is 0 Å². The molecule has 1 atom stereocenters. The maximum Gasteiger partial charge on any atom is 0.225 e. The van der Waals surface area contributed by atoms with Crippen molar-refractivity contribution in [1.29, 1.82) is 0 Å². The lowest BCUT2D eigenvalue weighted by molar-refractivity contribution is 0.202. The Morgan fingerprint density at radius 1 is 1.53 bits per heavy atom. The van der Waals surface area contributed by atoms with Crippen molar-refractivity contribution in [2.24, 2.45) is 11.7 Å².